The highest BCUT2D eigenvalue weighted by atomic mass is 35.5. The average molecular weight is 505 g/mol. The van der Waals surface area contributed by atoms with Crippen LogP contribution in [0.5, 0.6) is 0 Å². The van der Waals surface area contributed by atoms with Gasteiger partial charge in [0, 0.05) is 33.6 Å². The molecule has 0 aliphatic carbocycles. The molecule has 34 heavy (non-hydrogen) atoms. The van der Waals surface area contributed by atoms with Crippen molar-refractivity contribution in [2.75, 3.05) is 6.54 Å². The Labute approximate surface area is 211 Å². The molecule has 4 aromatic rings. The summed E-state index contributed by atoms with van der Waals surface area (Å²) in [6, 6.07) is 22.8. The van der Waals surface area contributed by atoms with Crippen molar-refractivity contribution in [3.05, 3.63) is 106 Å². The van der Waals surface area contributed by atoms with Crippen LogP contribution in [-0.4, -0.2) is 22.5 Å². The minimum Gasteiger partial charge on any atom is -0.457 e. The number of rotatable bonds is 5. The molecule has 0 spiro atoms. The first-order chi connectivity index (χ1) is 16.5. The molecule has 1 aromatic heterocycles. The first-order valence-corrected chi connectivity index (χ1v) is 12.0. The molecule has 0 atom stereocenters. The fraction of sp³-hybridized carbons (Fsp3) is 0.0370. The summed E-state index contributed by atoms with van der Waals surface area (Å²) in [6.07, 6.45) is 3.41. The van der Waals surface area contributed by atoms with Crippen LogP contribution in [0.15, 0.2) is 99.8 Å². The second kappa shape index (κ2) is 9.55. The zero-order valence-corrected chi connectivity index (χ0v) is 20.2. The van der Waals surface area contributed by atoms with Crippen LogP contribution < -0.4 is 0 Å². The summed E-state index contributed by atoms with van der Waals surface area (Å²) in [5.41, 5.74) is 1.57. The molecule has 2 heterocycles. The number of fused-ring (bicyclic) bond motifs is 1. The lowest BCUT2D eigenvalue weighted by Gasteiger charge is -2.13. The number of carbonyl (C=O) groups excluding carboxylic acids is 1. The Hall–Kier alpha value is -3.25. The van der Waals surface area contributed by atoms with Gasteiger partial charge < -0.3 is 4.42 Å². The number of hydrogen-bond donors (Lipinski definition) is 0. The Morgan fingerprint density at radius 1 is 1.00 bits per heavy atom. The maximum atomic E-state index is 13.2. The normalized spacial score (nSPS) is 16.2. The number of aliphatic imine (C=N–C) groups is 1. The fourth-order valence-electron chi connectivity index (χ4n) is 3.70. The van der Waals surface area contributed by atoms with E-state index in [1.807, 2.05) is 54.6 Å². The largest absolute Gasteiger partial charge is 0.457 e. The summed E-state index contributed by atoms with van der Waals surface area (Å²) < 4.78 is 5.96. The Morgan fingerprint density at radius 3 is 2.56 bits per heavy atom. The molecule has 3 aromatic carbocycles. The van der Waals surface area contributed by atoms with Gasteiger partial charge in [-0.2, -0.15) is 0 Å². The lowest BCUT2D eigenvalue weighted by Crippen LogP contribution is -2.29. The Kier molecular flexibility index (Phi) is 6.33. The molecular weight excluding hydrogens is 487 g/mol. The van der Waals surface area contributed by atoms with Crippen molar-refractivity contribution >= 4 is 68.6 Å². The van der Waals surface area contributed by atoms with E-state index in [-0.39, 0.29) is 5.91 Å². The van der Waals surface area contributed by atoms with E-state index in [2.05, 4.69) is 6.58 Å². The molecule has 4 nitrogen and oxygen atoms in total. The molecule has 1 amide bonds. The Morgan fingerprint density at radius 2 is 1.76 bits per heavy atom. The predicted octanol–water partition coefficient (Wildman–Crippen LogP) is 8.20. The first-order valence-electron chi connectivity index (χ1n) is 10.5. The first kappa shape index (κ1) is 22.5. The lowest BCUT2D eigenvalue weighted by atomic mass is 10.1. The number of amidine groups is 1. The quantitative estimate of drug-likeness (QED) is 0.203. The van der Waals surface area contributed by atoms with E-state index in [4.69, 9.17) is 32.6 Å². The Bertz CT molecular complexity index is 1460. The van der Waals surface area contributed by atoms with Gasteiger partial charge in [0.15, 0.2) is 5.17 Å². The lowest BCUT2D eigenvalue weighted by molar-refractivity contribution is -0.121. The number of carbonyl (C=O) groups is 1. The van der Waals surface area contributed by atoms with Crippen LogP contribution >= 0.6 is 35.0 Å². The summed E-state index contributed by atoms with van der Waals surface area (Å²) >= 11 is 13.5. The summed E-state index contributed by atoms with van der Waals surface area (Å²) in [4.78, 5) is 20.1. The van der Waals surface area contributed by atoms with Gasteiger partial charge in [0.05, 0.1) is 10.6 Å². The fourth-order valence-corrected chi connectivity index (χ4v) is 5.21. The molecule has 5 rings (SSSR count). The third-order valence-corrected chi connectivity index (χ3v) is 6.67. The van der Waals surface area contributed by atoms with Gasteiger partial charge in [-0.05, 0) is 53.5 Å². The van der Waals surface area contributed by atoms with Crippen LogP contribution in [0, 0.1) is 0 Å². The molecule has 0 saturated carbocycles. The SMILES string of the molecule is C=CCN1C(=O)C(=Cc2ccc(-c3cc(Cl)cc(Cl)c3)o2)SC1=Nc1cccc2ccccc12. The molecular formula is C27H18Cl2N2O2S. The van der Waals surface area contributed by atoms with Crippen LogP contribution in [0.1, 0.15) is 5.76 Å². The zero-order valence-electron chi connectivity index (χ0n) is 17.9. The third-order valence-electron chi connectivity index (χ3n) is 5.23. The average Bonchev–Trinajstić information content (AvgIpc) is 3.40. The standard InChI is InChI=1S/C27H18Cl2N2O2S/c1-2-12-31-26(32)25(16-21-10-11-24(33-21)18-13-19(28)15-20(29)14-18)34-27(31)30-23-9-5-7-17-6-3-4-8-22(17)23/h2-11,13-16H,1,12H2. The highest BCUT2D eigenvalue weighted by Crippen LogP contribution is 2.37. The smallest absolute Gasteiger partial charge is 0.267 e. The van der Waals surface area contributed by atoms with Crippen molar-refractivity contribution in [1.29, 1.82) is 0 Å². The topological polar surface area (TPSA) is 45.8 Å². The van der Waals surface area contributed by atoms with Crippen LogP contribution in [-0.2, 0) is 4.79 Å². The van der Waals surface area contributed by atoms with Crippen molar-refractivity contribution in [3.63, 3.8) is 0 Å². The monoisotopic (exact) mass is 504 g/mol. The number of amides is 1. The highest BCUT2D eigenvalue weighted by Gasteiger charge is 2.33. The zero-order chi connectivity index (χ0) is 23.7. The number of hydrogen-bond acceptors (Lipinski definition) is 4. The maximum Gasteiger partial charge on any atom is 0.267 e. The van der Waals surface area contributed by atoms with Crippen LogP contribution in [0.25, 0.3) is 28.2 Å². The number of furan rings is 1. The molecule has 1 fully saturated rings. The summed E-state index contributed by atoms with van der Waals surface area (Å²) in [6.45, 7) is 4.15. The number of thioether (sulfide) groups is 1. The van der Waals surface area contributed by atoms with E-state index in [0.717, 1.165) is 22.0 Å². The number of benzene rings is 3. The van der Waals surface area contributed by atoms with Crippen molar-refractivity contribution in [3.8, 4) is 11.3 Å². The van der Waals surface area contributed by atoms with Gasteiger partial charge in [-0.15, -0.1) is 6.58 Å². The molecule has 1 aliphatic rings. The molecule has 1 aliphatic heterocycles. The summed E-state index contributed by atoms with van der Waals surface area (Å²) in [5, 5.41) is 3.76. The molecule has 1 saturated heterocycles. The van der Waals surface area contributed by atoms with E-state index >= 15 is 0 Å². The van der Waals surface area contributed by atoms with Crippen molar-refractivity contribution in [1.82, 2.24) is 4.90 Å². The number of nitrogens with zero attached hydrogens (tertiary/aromatic N) is 2. The van der Waals surface area contributed by atoms with Gasteiger partial charge in [-0.3, -0.25) is 9.69 Å². The summed E-state index contributed by atoms with van der Waals surface area (Å²) in [5.74, 6) is 1.01. The predicted molar refractivity (Wildman–Crippen MR) is 143 cm³/mol. The maximum absolute atomic E-state index is 13.2. The van der Waals surface area contributed by atoms with Crippen molar-refractivity contribution in [2.45, 2.75) is 0 Å². The minimum absolute atomic E-state index is 0.146. The van der Waals surface area contributed by atoms with Crippen molar-refractivity contribution < 1.29 is 9.21 Å². The van der Waals surface area contributed by atoms with Crippen LogP contribution in [0.2, 0.25) is 10.0 Å². The van der Waals surface area contributed by atoms with Crippen LogP contribution in [0.3, 0.4) is 0 Å². The van der Waals surface area contributed by atoms with Crippen molar-refractivity contribution in [2.24, 2.45) is 4.99 Å². The second-order valence-corrected chi connectivity index (χ2v) is 9.45. The molecule has 168 valence electrons. The Balaban J connectivity index is 1.49. The van der Waals surface area contributed by atoms with E-state index < -0.39 is 0 Å². The van der Waals surface area contributed by atoms with E-state index in [1.165, 1.54) is 11.8 Å². The van der Waals surface area contributed by atoms with Crippen LogP contribution in [0.4, 0.5) is 5.69 Å². The van der Waals surface area contributed by atoms with Gasteiger partial charge in [0.25, 0.3) is 5.91 Å². The van der Waals surface area contributed by atoms with Gasteiger partial charge >= 0.3 is 0 Å². The van der Waals surface area contributed by atoms with E-state index in [9.17, 15) is 4.79 Å². The highest BCUT2D eigenvalue weighted by molar-refractivity contribution is 8.18. The van der Waals surface area contributed by atoms with Gasteiger partial charge in [-0.25, -0.2) is 4.99 Å². The third kappa shape index (κ3) is 4.55. The van der Waals surface area contributed by atoms with E-state index in [1.54, 1.807) is 35.3 Å². The minimum atomic E-state index is -0.146. The van der Waals surface area contributed by atoms with Gasteiger partial charge in [0.2, 0.25) is 0 Å². The molecule has 0 N–H and O–H groups in total. The molecule has 7 heteroatoms. The molecule has 0 unspecified atom stereocenters. The number of halogens is 2. The summed E-state index contributed by atoms with van der Waals surface area (Å²) in [7, 11) is 0. The molecule has 0 radical (unpaired) electrons. The second-order valence-electron chi connectivity index (χ2n) is 7.57. The van der Waals surface area contributed by atoms with E-state index in [0.29, 0.717) is 38.2 Å². The molecule has 0 bridgehead atoms. The van der Waals surface area contributed by atoms with Gasteiger partial charge in [-0.1, -0.05) is 65.7 Å². The van der Waals surface area contributed by atoms with Gasteiger partial charge in [0.1, 0.15) is 11.5 Å².